The van der Waals surface area contributed by atoms with Gasteiger partial charge in [-0.05, 0) is 17.7 Å². The van der Waals surface area contributed by atoms with Gasteiger partial charge in [0.05, 0.1) is 10.7 Å². The number of nitrogens with zero attached hydrogens (tertiary/aromatic N) is 2. The SMILES string of the molecule is Cn1ccnc1SCc1ccc(Cl)c(N)c1. The van der Waals surface area contributed by atoms with E-state index < -0.39 is 0 Å². The maximum atomic E-state index is 5.86. The molecule has 0 atom stereocenters. The molecular weight excluding hydrogens is 242 g/mol. The number of halogens is 1. The Morgan fingerprint density at radius 2 is 2.31 bits per heavy atom. The van der Waals surface area contributed by atoms with Crippen molar-refractivity contribution in [3.05, 3.63) is 41.2 Å². The third-order valence-corrected chi connectivity index (χ3v) is 3.68. The molecular formula is C11H12ClN3S. The van der Waals surface area contributed by atoms with Crippen LogP contribution in [0.1, 0.15) is 5.56 Å². The number of aromatic nitrogens is 2. The molecule has 1 aromatic heterocycles. The normalized spacial score (nSPS) is 10.6. The minimum absolute atomic E-state index is 0.603. The summed E-state index contributed by atoms with van der Waals surface area (Å²) in [6.07, 6.45) is 3.72. The monoisotopic (exact) mass is 253 g/mol. The van der Waals surface area contributed by atoms with E-state index in [1.807, 2.05) is 36.0 Å². The fourth-order valence-electron chi connectivity index (χ4n) is 1.32. The first kappa shape index (κ1) is 11.4. The third kappa shape index (κ3) is 2.51. The highest BCUT2D eigenvalue weighted by atomic mass is 35.5. The lowest BCUT2D eigenvalue weighted by Crippen LogP contribution is -1.91. The molecule has 0 fully saturated rings. The zero-order valence-corrected chi connectivity index (χ0v) is 10.4. The summed E-state index contributed by atoms with van der Waals surface area (Å²) in [6.45, 7) is 0. The van der Waals surface area contributed by atoms with Crippen LogP contribution in [0.25, 0.3) is 0 Å². The molecule has 2 N–H and O–H groups in total. The molecule has 0 saturated heterocycles. The van der Waals surface area contributed by atoms with E-state index >= 15 is 0 Å². The lowest BCUT2D eigenvalue weighted by molar-refractivity contribution is 0.790. The van der Waals surface area contributed by atoms with Crippen LogP contribution in [0.15, 0.2) is 35.7 Å². The number of anilines is 1. The summed E-state index contributed by atoms with van der Waals surface area (Å²) in [6, 6.07) is 5.71. The van der Waals surface area contributed by atoms with Crippen molar-refractivity contribution in [2.45, 2.75) is 10.9 Å². The molecule has 1 heterocycles. The molecule has 2 aromatic rings. The third-order valence-electron chi connectivity index (χ3n) is 2.21. The number of hydrogen-bond donors (Lipinski definition) is 1. The quantitative estimate of drug-likeness (QED) is 0.676. The van der Waals surface area contributed by atoms with E-state index in [9.17, 15) is 0 Å². The molecule has 0 saturated carbocycles. The summed E-state index contributed by atoms with van der Waals surface area (Å²) in [7, 11) is 1.98. The number of hydrogen-bond acceptors (Lipinski definition) is 3. The lowest BCUT2D eigenvalue weighted by atomic mass is 10.2. The van der Waals surface area contributed by atoms with Gasteiger partial charge in [0.1, 0.15) is 0 Å². The standard InChI is InChI=1S/C11H12ClN3S/c1-15-5-4-14-11(15)16-7-8-2-3-9(12)10(13)6-8/h2-6H,7,13H2,1H3. The van der Waals surface area contributed by atoms with Gasteiger partial charge < -0.3 is 10.3 Å². The second-order valence-electron chi connectivity index (χ2n) is 3.47. The number of rotatable bonds is 3. The molecule has 2 rings (SSSR count). The van der Waals surface area contributed by atoms with Gasteiger partial charge in [-0.2, -0.15) is 0 Å². The van der Waals surface area contributed by atoms with Gasteiger partial charge in [0.2, 0.25) is 0 Å². The molecule has 0 radical (unpaired) electrons. The lowest BCUT2D eigenvalue weighted by Gasteiger charge is -2.04. The number of imidazole rings is 1. The summed E-state index contributed by atoms with van der Waals surface area (Å²) in [5.74, 6) is 0.840. The van der Waals surface area contributed by atoms with Crippen molar-refractivity contribution in [2.75, 3.05) is 5.73 Å². The fourth-order valence-corrected chi connectivity index (χ4v) is 2.31. The number of thioether (sulfide) groups is 1. The van der Waals surface area contributed by atoms with Crippen LogP contribution in [-0.2, 0) is 12.8 Å². The van der Waals surface area contributed by atoms with Crippen LogP contribution >= 0.6 is 23.4 Å². The van der Waals surface area contributed by atoms with Gasteiger partial charge >= 0.3 is 0 Å². The molecule has 3 nitrogen and oxygen atoms in total. The van der Waals surface area contributed by atoms with Gasteiger partial charge in [-0.25, -0.2) is 4.98 Å². The van der Waals surface area contributed by atoms with Gasteiger partial charge in [0, 0.05) is 25.2 Å². The smallest absolute Gasteiger partial charge is 0.167 e. The first-order valence-electron chi connectivity index (χ1n) is 4.81. The van der Waals surface area contributed by atoms with Crippen LogP contribution in [0, 0.1) is 0 Å². The van der Waals surface area contributed by atoms with Crippen molar-refractivity contribution in [2.24, 2.45) is 7.05 Å². The van der Waals surface area contributed by atoms with Crippen LogP contribution < -0.4 is 5.73 Å². The van der Waals surface area contributed by atoms with Gasteiger partial charge in [-0.15, -0.1) is 0 Å². The Labute approximate surface area is 104 Å². The van der Waals surface area contributed by atoms with Crippen molar-refractivity contribution < 1.29 is 0 Å². The Hall–Kier alpha value is -1.13. The van der Waals surface area contributed by atoms with Crippen molar-refractivity contribution in [3.63, 3.8) is 0 Å². The molecule has 0 aliphatic heterocycles. The topological polar surface area (TPSA) is 43.8 Å². The first-order valence-corrected chi connectivity index (χ1v) is 6.17. The van der Waals surface area contributed by atoms with Crippen molar-refractivity contribution in [1.82, 2.24) is 9.55 Å². The van der Waals surface area contributed by atoms with Crippen molar-refractivity contribution in [1.29, 1.82) is 0 Å². The van der Waals surface area contributed by atoms with Crippen molar-refractivity contribution in [3.8, 4) is 0 Å². The largest absolute Gasteiger partial charge is 0.398 e. The molecule has 0 amide bonds. The van der Waals surface area contributed by atoms with Crippen molar-refractivity contribution >= 4 is 29.1 Å². The van der Waals surface area contributed by atoms with Gasteiger partial charge in [0.25, 0.3) is 0 Å². The molecule has 0 spiro atoms. The molecule has 0 aliphatic rings. The average molecular weight is 254 g/mol. The van der Waals surface area contributed by atoms with E-state index in [4.69, 9.17) is 17.3 Å². The van der Waals surface area contributed by atoms with E-state index in [0.717, 1.165) is 16.5 Å². The minimum Gasteiger partial charge on any atom is -0.398 e. The molecule has 16 heavy (non-hydrogen) atoms. The number of nitrogen functional groups attached to an aromatic ring is 1. The first-order chi connectivity index (χ1) is 7.66. The van der Waals surface area contributed by atoms with Crippen LogP contribution in [-0.4, -0.2) is 9.55 Å². The second kappa shape index (κ2) is 4.80. The highest BCUT2D eigenvalue weighted by Crippen LogP contribution is 2.25. The molecule has 0 unspecified atom stereocenters. The number of nitrogens with two attached hydrogens (primary N) is 1. The average Bonchev–Trinajstić information content (AvgIpc) is 2.66. The zero-order chi connectivity index (χ0) is 11.5. The Kier molecular flexibility index (Phi) is 3.41. The highest BCUT2D eigenvalue weighted by molar-refractivity contribution is 7.98. The molecule has 0 aliphatic carbocycles. The Bertz CT molecular complexity index is 496. The van der Waals surface area contributed by atoms with E-state index in [0.29, 0.717) is 10.7 Å². The van der Waals surface area contributed by atoms with Crippen LogP contribution in [0.4, 0.5) is 5.69 Å². The van der Waals surface area contributed by atoms with Gasteiger partial charge in [0.15, 0.2) is 5.16 Å². The van der Waals surface area contributed by atoms with E-state index in [-0.39, 0.29) is 0 Å². The minimum atomic E-state index is 0.603. The summed E-state index contributed by atoms with van der Waals surface area (Å²) in [4.78, 5) is 4.24. The van der Waals surface area contributed by atoms with Gasteiger partial charge in [-0.3, -0.25) is 0 Å². The molecule has 1 aromatic carbocycles. The van der Waals surface area contributed by atoms with Crippen LogP contribution in [0.3, 0.4) is 0 Å². The Morgan fingerprint density at radius 3 is 2.94 bits per heavy atom. The van der Waals surface area contributed by atoms with E-state index in [2.05, 4.69) is 4.98 Å². The Morgan fingerprint density at radius 1 is 1.50 bits per heavy atom. The van der Waals surface area contributed by atoms with E-state index in [1.54, 1.807) is 18.0 Å². The van der Waals surface area contributed by atoms with Gasteiger partial charge in [-0.1, -0.05) is 29.4 Å². The summed E-state index contributed by atoms with van der Waals surface area (Å²) in [5, 5.41) is 1.60. The predicted molar refractivity (Wildman–Crippen MR) is 68.6 cm³/mol. The Balaban J connectivity index is 2.05. The molecule has 5 heteroatoms. The summed E-state index contributed by atoms with van der Waals surface area (Å²) >= 11 is 7.53. The maximum absolute atomic E-state index is 5.86. The second-order valence-corrected chi connectivity index (χ2v) is 4.81. The maximum Gasteiger partial charge on any atom is 0.167 e. The van der Waals surface area contributed by atoms with Crippen LogP contribution in [0.5, 0.6) is 0 Å². The zero-order valence-electron chi connectivity index (χ0n) is 8.85. The molecule has 84 valence electrons. The summed E-state index contributed by atoms with van der Waals surface area (Å²) < 4.78 is 1.99. The number of benzene rings is 1. The van der Waals surface area contributed by atoms with Crippen LogP contribution in [0.2, 0.25) is 5.02 Å². The van der Waals surface area contributed by atoms with E-state index in [1.165, 1.54) is 0 Å². The highest BCUT2D eigenvalue weighted by Gasteiger charge is 2.02. The fraction of sp³-hybridized carbons (Fsp3) is 0.182. The summed E-state index contributed by atoms with van der Waals surface area (Å²) in [5.41, 5.74) is 7.51. The molecule has 0 bridgehead atoms. The number of aryl methyl sites for hydroxylation is 1. The predicted octanol–water partition coefficient (Wildman–Crippen LogP) is 2.95.